The van der Waals surface area contributed by atoms with E-state index in [4.69, 9.17) is 28.4 Å². The Morgan fingerprint density at radius 3 is 1.79 bits per heavy atom. The fourth-order valence-corrected chi connectivity index (χ4v) is 4.58. The lowest BCUT2D eigenvalue weighted by Gasteiger charge is -2.29. The van der Waals surface area contributed by atoms with Crippen LogP contribution < -0.4 is 58.3 Å². The second kappa shape index (κ2) is 17.1. The van der Waals surface area contributed by atoms with Gasteiger partial charge in [0.2, 0.25) is 5.75 Å². The van der Waals surface area contributed by atoms with Crippen LogP contribution in [0, 0.1) is 0 Å². The predicted molar refractivity (Wildman–Crippen MR) is 135 cm³/mol. The number of hydrogen-bond donors (Lipinski definition) is 2. The zero-order valence-corrected chi connectivity index (χ0v) is 24.4. The zero-order valence-electron chi connectivity index (χ0n) is 22.9. The molecule has 3 rings (SSSR count). The Morgan fingerprint density at radius 1 is 0.711 bits per heavy atom. The fourth-order valence-electron chi connectivity index (χ4n) is 4.58. The number of hydrogen-bond acceptors (Lipinski definition) is 7. The molecule has 0 radical (unpaired) electrons. The predicted octanol–water partition coefficient (Wildman–Crippen LogP) is -5.69. The first kappa shape index (κ1) is 33.4. The van der Waals surface area contributed by atoms with Crippen LogP contribution in [0.3, 0.4) is 0 Å². The summed E-state index contributed by atoms with van der Waals surface area (Å²) < 4.78 is 32.2. The van der Waals surface area contributed by atoms with E-state index in [9.17, 15) is 4.79 Å². The highest BCUT2D eigenvalue weighted by atomic mass is 35.5. The molecule has 214 valence electrons. The van der Waals surface area contributed by atoms with Crippen molar-refractivity contribution >= 4 is 5.97 Å². The molecular formula is C27H40Cl2N2O7. The summed E-state index contributed by atoms with van der Waals surface area (Å²) in [6, 6.07) is 9.37. The molecule has 0 aliphatic carbocycles. The smallest absolute Gasteiger partial charge is 0.338 e. The molecule has 0 bridgehead atoms. The lowest BCUT2D eigenvalue weighted by Crippen LogP contribution is -3.28. The van der Waals surface area contributed by atoms with Gasteiger partial charge in [0.15, 0.2) is 23.0 Å². The van der Waals surface area contributed by atoms with Crippen molar-refractivity contribution < 1.29 is 67.8 Å². The molecule has 1 aliphatic heterocycles. The Bertz CT molecular complexity index is 976. The maximum Gasteiger partial charge on any atom is 0.338 e. The number of carbonyl (C=O) groups is 1. The second-order valence-corrected chi connectivity index (χ2v) is 8.84. The molecule has 0 aromatic heterocycles. The Hall–Kier alpha value is -2.59. The van der Waals surface area contributed by atoms with Crippen molar-refractivity contribution in [3.8, 4) is 28.7 Å². The molecule has 0 saturated carbocycles. The summed E-state index contributed by atoms with van der Waals surface area (Å²) in [5, 5.41) is 0. The van der Waals surface area contributed by atoms with E-state index in [0.29, 0.717) is 29.4 Å². The van der Waals surface area contributed by atoms with Gasteiger partial charge in [-0.3, -0.25) is 0 Å². The summed E-state index contributed by atoms with van der Waals surface area (Å²) in [5.74, 6) is 2.46. The quantitative estimate of drug-likeness (QED) is 0.182. The van der Waals surface area contributed by atoms with E-state index in [2.05, 4.69) is 12.1 Å². The van der Waals surface area contributed by atoms with E-state index in [1.165, 1.54) is 26.9 Å². The van der Waals surface area contributed by atoms with Crippen LogP contribution in [-0.2, 0) is 11.2 Å². The van der Waals surface area contributed by atoms with E-state index in [1.54, 1.807) is 36.2 Å². The van der Waals surface area contributed by atoms with Gasteiger partial charge in [0.1, 0.15) is 26.2 Å². The normalized spacial score (nSPS) is 16.3. The van der Waals surface area contributed by atoms with Gasteiger partial charge in [-0.05, 0) is 29.8 Å². The topological polar surface area (TPSA) is 81.3 Å². The van der Waals surface area contributed by atoms with Crippen LogP contribution in [0.2, 0.25) is 0 Å². The highest BCUT2D eigenvalue weighted by Crippen LogP contribution is 2.38. The molecule has 38 heavy (non-hydrogen) atoms. The SMILES string of the molecule is COc1ccc(CC[NH+]2CC[NH+](CCCOC(=O)c3cc(OC)c(OC)c(OC)c3)CC2)cc1OC.[Cl-].[Cl-]. The van der Waals surface area contributed by atoms with Gasteiger partial charge in [0, 0.05) is 12.8 Å². The van der Waals surface area contributed by atoms with Crippen LogP contribution in [-0.4, -0.2) is 87.4 Å². The minimum atomic E-state index is -0.395. The summed E-state index contributed by atoms with van der Waals surface area (Å²) in [5.41, 5.74) is 1.65. The summed E-state index contributed by atoms with van der Waals surface area (Å²) >= 11 is 0. The third kappa shape index (κ3) is 9.01. The number of methoxy groups -OCH3 is 5. The number of halogens is 2. The van der Waals surface area contributed by atoms with Gasteiger partial charge in [-0.2, -0.15) is 0 Å². The Morgan fingerprint density at radius 2 is 1.26 bits per heavy atom. The zero-order chi connectivity index (χ0) is 25.9. The summed E-state index contributed by atoms with van der Waals surface area (Å²) in [6.45, 7) is 7.03. The molecule has 1 fully saturated rings. The number of carbonyl (C=O) groups excluding carboxylic acids is 1. The molecule has 2 N–H and O–H groups in total. The maximum atomic E-state index is 12.5. The standard InChI is InChI=1S/C27H38N2O7.2ClH/c1-31-22-8-7-20(17-23(22)32-2)9-11-29-14-12-28(13-15-29)10-6-16-36-27(30)21-18-24(33-3)26(35-5)25(19-21)34-4;;/h7-8,17-19H,6,9-16H2,1-5H3;2*1H. The highest BCUT2D eigenvalue weighted by molar-refractivity contribution is 5.91. The summed E-state index contributed by atoms with van der Waals surface area (Å²) in [4.78, 5) is 15.7. The third-order valence-corrected chi connectivity index (χ3v) is 6.69. The van der Waals surface area contributed by atoms with Gasteiger partial charge in [-0.25, -0.2) is 4.79 Å². The molecule has 0 spiro atoms. The number of piperazine rings is 1. The lowest BCUT2D eigenvalue weighted by atomic mass is 10.1. The van der Waals surface area contributed by atoms with E-state index in [0.717, 1.165) is 63.6 Å². The van der Waals surface area contributed by atoms with Gasteiger partial charge in [0.25, 0.3) is 0 Å². The van der Waals surface area contributed by atoms with E-state index >= 15 is 0 Å². The number of esters is 1. The highest BCUT2D eigenvalue weighted by Gasteiger charge is 2.23. The average Bonchev–Trinajstić information content (AvgIpc) is 2.93. The molecule has 2 aromatic carbocycles. The van der Waals surface area contributed by atoms with Crippen LogP contribution in [0.1, 0.15) is 22.3 Å². The molecular weight excluding hydrogens is 535 g/mol. The molecule has 11 heteroatoms. The van der Waals surface area contributed by atoms with Crippen LogP contribution in [0.5, 0.6) is 28.7 Å². The first-order valence-electron chi connectivity index (χ1n) is 12.4. The maximum absolute atomic E-state index is 12.5. The van der Waals surface area contributed by atoms with Crippen molar-refractivity contribution in [1.29, 1.82) is 0 Å². The molecule has 1 heterocycles. The van der Waals surface area contributed by atoms with Gasteiger partial charge < -0.3 is 63.0 Å². The number of benzene rings is 2. The van der Waals surface area contributed by atoms with Crippen LogP contribution >= 0.6 is 0 Å². The van der Waals surface area contributed by atoms with Crippen molar-refractivity contribution in [1.82, 2.24) is 0 Å². The fraction of sp³-hybridized carbons (Fsp3) is 0.519. The minimum absolute atomic E-state index is 0. The Labute approximate surface area is 238 Å². The van der Waals surface area contributed by atoms with E-state index < -0.39 is 5.97 Å². The van der Waals surface area contributed by atoms with Crippen molar-refractivity contribution in [2.24, 2.45) is 0 Å². The third-order valence-electron chi connectivity index (χ3n) is 6.69. The van der Waals surface area contributed by atoms with Crippen molar-refractivity contribution in [3.05, 3.63) is 41.5 Å². The number of quaternary nitrogens is 2. The molecule has 2 aromatic rings. The molecule has 0 unspecified atom stereocenters. The Kier molecular flexibility index (Phi) is 15.0. The molecule has 0 amide bonds. The Balaban J connectivity index is 0.00000361. The van der Waals surface area contributed by atoms with E-state index in [-0.39, 0.29) is 24.8 Å². The summed E-state index contributed by atoms with van der Waals surface area (Å²) in [6.07, 6.45) is 1.84. The number of ether oxygens (including phenoxy) is 6. The first-order chi connectivity index (χ1) is 17.5. The summed E-state index contributed by atoms with van der Waals surface area (Å²) in [7, 11) is 7.90. The number of nitrogens with one attached hydrogen (secondary N) is 2. The molecule has 1 aliphatic rings. The monoisotopic (exact) mass is 574 g/mol. The molecule has 0 atom stereocenters. The van der Waals surface area contributed by atoms with Gasteiger partial charge in [-0.1, -0.05) is 6.07 Å². The van der Waals surface area contributed by atoms with Gasteiger partial charge in [-0.15, -0.1) is 0 Å². The minimum Gasteiger partial charge on any atom is -1.00 e. The van der Waals surface area contributed by atoms with Crippen molar-refractivity contribution in [2.75, 3.05) is 81.4 Å². The lowest BCUT2D eigenvalue weighted by molar-refractivity contribution is -1.01. The molecule has 9 nitrogen and oxygen atoms in total. The van der Waals surface area contributed by atoms with Crippen molar-refractivity contribution in [3.63, 3.8) is 0 Å². The number of rotatable bonds is 13. The van der Waals surface area contributed by atoms with Crippen LogP contribution in [0.4, 0.5) is 0 Å². The van der Waals surface area contributed by atoms with Crippen molar-refractivity contribution in [2.45, 2.75) is 12.8 Å². The average molecular weight is 576 g/mol. The second-order valence-electron chi connectivity index (χ2n) is 8.84. The first-order valence-corrected chi connectivity index (χ1v) is 12.4. The van der Waals surface area contributed by atoms with Gasteiger partial charge >= 0.3 is 5.97 Å². The van der Waals surface area contributed by atoms with Crippen LogP contribution in [0.25, 0.3) is 0 Å². The molecule has 1 saturated heterocycles. The van der Waals surface area contributed by atoms with Crippen LogP contribution in [0.15, 0.2) is 30.3 Å². The van der Waals surface area contributed by atoms with Gasteiger partial charge in [0.05, 0.1) is 60.8 Å². The largest absolute Gasteiger partial charge is 1.00 e. The van der Waals surface area contributed by atoms with E-state index in [1.807, 2.05) is 6.07 Å².